The first-order valence-corrected chi connectivity index (χ1v) is 10.5. The van der Waals surface area contributed by atoms with Crippen LogP contribution in [0.2, 0.25) is 0 Å². The van der Waals surface area contributed by atoms with Crippen LogP contribution in [0.25, 0.3) is 0 Å². The number of amides is 2. The Hall–Kier alpha value is -1.10. The molecule has 3 aliphatic rings. The van der Waals surface area contributed by atoms with E-state index in [9.17, 15) is 9.59 Å². The molecule has 0 bridgehead atoms. The molecule has 1 N–H and O–H groups in total. The van der Waals surface area contributed by atoms with Crippen molar-refractivity contribution in [3.63, 3.8) is 0 Å². The summed E-state index contributed by atoms with van der Waals surface area (Å²) < 4.78 is 0. The van der Waals surface area contributed by atoms with Gasteiger partial charge in [0.25, 0.3) is 0 Å². The van der Waals surface area contributed by atoms with E-state index in [2.05, 4.69) is 10.2 Å². The molecule has 0 aromatic heterocycles. The number of likely N-dealkylation sites (tertiary alicyclic amines) is 2. The highest BCUT2D eigenvalue weighted by Gasteiger charge is 2.27. The van der Waals surface area contributed by atoms with E-state index in [1.165, 1.54) is 51.5 Å². The molecule has 0 spiro atoms. The maximum absolute atomic E-state index is 12.3. The fourth-order valence-corrected chi connectivity index (χ4v) is 4.75. The average molecular weight is 350 g/mol. The van der Waals surface area contributed by atoms with Crippen LogP contribution in [0, 0.1) is 0 Å². The van der Waals surface area contributed by atoms with Gasteiger partial charge in [-0.2, -0.15) is 0 Å². The van der Waals surface area contributed by atoms with Crippen LogP contribution >= 0.6 is 0 Å². The van der Waals surface area contributed by atoms with E-state index in [1.54, 1.807) is 0 Å². The molecule has 25 heavy (non-hydrogen) atoms. The molecule has 0 radical (unpaired) electrons. The zero-order valence-electron chi connectivity index (χ0n) is 15.7. The first-order valence-electron chi connectivity index (χ1n) is 10.5. The van der Waals surface area contributed by atoms with Gasteiger partial charge in [-0.05, 0) is 45.1 Å². The van der Waals surface area contributed by atoms with E-state index < -0.39 is 0 Å². The molecule has 2 amide bonds. The van der Waals surface area contributed by atoms with E-state index >= 15 is 0 Å². The Kier molecular flexibility index (Phi) is 7.14. The molecule has 2 saturated heterocycles. The summed E-state index contributed by atoms with van der Waals surface area (Å²) in [5.74, 6) is 0.422. The van der Waals surface area contributed by atoms with Gasteiger partial charge in [-0.1, -0.05) is 25.7 Å². The number of carbonyl (C=O) groups excluding carboxylic acids is 2. The second-order valence-corrected chi connectivity index (χ2v) is 8.13. The molecule has 0 unspecified atom stereocenters. The topological polar surface area (TPSA) is 52.7 Å². The van der Waals surface area contributed by atoms with Crippen molar-refractivity contribution in [1.82, 2.24) is 15.1 Å². The maximum Gasteiger partial charge on any atom is 0.222 e. The van der Waals surface area contributed by atoms with Gasteiger partial charge in [0.1, 0.15) is 0 Å². The number of hydrogen-bond acceptors (Lipinski definition) is 3. The van der Waals surface area contributed by atoms with Gasteiger partial charge >= 0.3 is 0 Å². The van der Waals surface area contributed by atoms with E-state index in [0.717, 1.165) is 44.9 Å². The van der Waals surface area contributed by atoms with Crippen molar-refractivity contribution < 1.29 is 9.59 Å². The van der Waals surface area contributed by atoms with E-state index in [1.807, 2.05) is 4.90 Å². The fraction of sp³-hybridized carbons (Fsp3) is 0.900. The minimum atomic E-state index is 0.166. The van der Waals surface area contributed by atoms with Gasteiger partial charge < -0.3 is 10.2 Å². The Balaban J connectivity index is 1.36. The van der Waals surface area contributed by atoms with Crippen molar-refractivity contribution in [3.8, 4) is 0 Å². The van der Waals surface area contributed by atoms with Crippen molar-refractivity contribution in [2.75, 3.05) is 26.2 Å². The van der Waals surface area contributed by atoms with Crippen LogP contribution in [0.4, 0.5) is 0 Å². The van der Waals surface area contributed by atoms with Crippen LogP contribution in [0.1, 0.15) is 77.0 Å². The SMILES string of the molecule is O=C(CCCN1CCCC1=O)N[C@H]1CCCN(C2CCCCCC2)C1. The largest absolute Gasteiger partial charge is 0.352 e. The minimum absolute atomic E-state index is 0.166. The van der Waals surface area contributed by atoms with Gasteiger partial charge in [-0.25, -0.2) is 0 Å². The summed E-state index contributed by atoms with van der Waals surface area (Å²) in [5, 5.41) is 3.26. The summed E-state index contributed by atoms with van der Waals surface area (Å²) in [4.78, 5) is 28.4. The second-order valence-electron chi connectivity index (χ2n) is 8.13. The van der Waals surface area contributed by atoms with Gasteiger partial charge in [0.05, 0.1) is 0 Å². The molecule has 5 nitrogen and oxygen atoms in total. The molecule has 1 aliphatic carbocycles. The van der Waals surface area contributed by atoms with Gasteiger partial charge in [0.2, 0.25) is 11.8 Å². The Morgan fingerprint density at radius 3 is 2.52 bits per heavy atom. The first-order chi connectivity index (χ1) is 12.2. The molecule has 3 fully saturated rings. The lowest BCUT2D eigenvalue weighted by Gasteiger charge is -2.38. The van der Waals surface area contributed by atoms with Crippen LogP contribution in [0.5, 0.6) is 0 Å². The van der Waals surface area contributed by atoms with Gasteiger partial charge in [-0.15, -0.1) is 0 Å². The summed E-state index contributed by atoms with van der Waals surface area (Å²) in [6.45, 7) is 3.85. The third-order valence-electron chi connectivity index (χ3n) is 6.16. The smallest absolute Gasteiger partial charge is 0.222 e. The zero-order valence-corrected chi connectivity index (χ0v) is 15.7. The van der Waals surface area contributed by atoms with Crippen LogP contribution < -0.4 is 5.32 Å². The molecular weight excluding hydrogens is 314 g/mol. The zero-order chi connectivity index (χ0) is 17.5. The van der Waals surface area contributed by atoms with E-state index in [0.29, 0.717) is 18.9 Å². The third-order valence-corrected chi connectivity index (χ3v) is 6.16. The molecule has 0 aromatic carbocycles. The highest BCUT2D eigenvalue weighted by atomic mass is 16.2. The summed E-state index contributed by atoms with van der Waals surface area (Å²) in [6, 6.07) is 1.06. The van der Waals surface area contributed by atoms with Gasteiger partial charge in [0.15, 0.2) is 0 Å². The van der Waals surface area contributed by atoms with E-state index in [4.69, 9.17) is 0 Å². The quantitative estimate of drug-likeness (QED) is 0.750. The van der Waals surface area contributed by atoms with Crippen molar-refractivity contribution >= 4 is 11.8 Å². The van der Waals surface area contributed by atoms with Crippen LogP contribution in [-0.2, 0) is 9.59 Å². The molecule has 5 heteroatoms. The predicted octanol–water partition coefficient (Wildman–Crippen LogP) is 2.69. The number of piperidine rings is 1. The lowest BCUT2D eigenvalue weighted by atomic mass is 9.99. The highest BCUT2D eigenvalue weighted by molar-refractivity contribution is 5.78. The number of carbonyl (C=O) groups is 2. The lowest BCUT2D eigenvalue weighted by Crippen LogP contribution is -2.50. The van der Waals surface area contributed by atoms with Crippen LogP contribution in [-0.4, -0.2) is 59.9 Å². The highest BCUT2D eigenvalue weighted by Crippen LogP contribution is 2.24. The van der Waals surface area contributed by atoms with Gasteiger partial charge in [-0.3, -0.25) is 14.5 Å². The molecular formula is C20H35N3O2. The van der Waals surface area contributed by atoms with Crippen molar-refractivity contribution in [1.29, 1.82) is 0 Å². The third kappa shape index (κ3) is 5.70. The first kappa shape index (κ1) is 18.7. The summed E-state index contributed by atoms with van der Waals surface area (Å²) in [7, 11) is 0. The molecule has 2 aliphatic heterocycles. The van der Waals surface area contributed by atoms with Crippen LogP contribution in [0.3, 0.4) is 0 Å². The van der Waals surface area contributed by atoms with Gasteiger partial charge in [0, 0.05) is 44.6 Å². The van der Waals surface area contributed by atoms with Crippen molar-refractivity contribution in [2.45, 2.75) is 89.1 Å². The molecule has 3 rings (SSSR count). The summed E-state index contributed by atoms with van der Waals surface area (Å²) in [6.07, 6.45) is 13.5. The molecule has 2 heterocycles. The van der Waals surface area contributed by atoms with Crippen molar-refractivity contribution in [2.24, 2.45) is 0 Å². The Bertz CT molecular complexity index is 446. The number of rotatable bonds is 6. The van der Waals surface area contributed by atoms with Crippen LogP contribution in [0.15, 0.2) is 0 Å². The average Bonchev–Trinajstić information content (AvgIpc) is 2.86. The van der Waals surface area contributed by atoms with E-state index in [-0.39, 0.29) is 11.8 Å². The molecule has 0 aromatic rings. The maximum atomic E-state index is 12.3. The number of nitrogens with zero attached hydrogens (tertiary/aromatic N) is 2. The Labute approximate surface area is 152 Å². The Morgan fingerprint density at radius 1 is 1.00 bits per heavy atom. The monoisotopic (exact) mass is 349 g/mol. The summed E-state index contributed by atoms with van der Waals surface area (Å²) in [5.41, 5.74) is 0. The minimum Gasteiger partial charge on any atom is -0.352 e. The predicted molar refractivity (Wildman–Crippen MR) is 99.3 cm³/mol. The standard InChI is InChI=1S/C20H35N3O2/c24-19(11-6-13-22-14-7-12-20(22)25)21-17-8-5-15-23(16-17)18-9-3-1-2-4-10-18/h17-18H,1-16H2,(H,21,24)/t17-/m0/s1. The fourth-order valence-electron chi connectivity index (χ4n) is 4.75. The number of hydrogen-bond donors (Lipinski definition) is 1. The van der Waals surface area contributed by atoms with Crippen molar-refractivity contribution in [3.05, 3.63) is 0 Å². The molecule has 1 atom stereocenters. The Morgan fingerprint density at radius 2 is 1.80 bits per heavy atom. The summed E-state index contributed by atoms with van der Waals surface area (Å²) >= 11 is 0. The molecule has 1 saturated carbocycles. The number of nitrogens with one attached hydrogen (secondary N) is 1. The normalized spacial score (nSPS) is 26.6. The molecule has 142 valence electrons. The second kappa shape index (κ2) is 9.56. The lowest BCUT2D eigenvalue weighted by molar-refractivity contribution is -0.128.